The summed E-state index contributed by atoms with van der Waals surface area (Å²) in [4.78, 5) is 22.7. The van der Waals surface area contributed by atoms with Crippen LogP contribution in [0.3, 0.4) is 0 Å². The van der Waals surface area contributed by atoms with Crippen LogP contribution in [0, 0.1) is 6.92 Å². The molecule has 0 aromatic heterocycles. The van der Waals surface area contributed by atoms with Gasteiger partial charge in [0, 0.05) is 17.3 Å². The third-order valence-electron chi connectivity index (χ3n) is 2.76. The number of carboxylic acids is 1. The van der Waals surface area contributed by atoms with Gasteiger partial charge in [0.25, 0.3) is 0 Å². The van der Waals surface area contributed by atoms with E-state index in [4.69, 9.17) is 5.11 Å². The Labute approximate surface area is 109 Å². The predicted octanol–water partition coefficient (Wildman–Crippen LogP) is 1.29. The first-order valence-electron chi connectivity index (χ1n) is 5.54. The minimum absolute atomic E-state index is 0.0810. The molecular weight excluding hydrogens is 252 g/mol. The minimum Gasteiger partial charge on any atom is -0.478 e. The number of aryl methyl sites for hydroxylation is 1. The van der Waals surface area contributed by atoms with E-state index in [0.717, 1.165) is 11.6 Å². The normalized spacial score (nSPS) is 18.6. The van der Waals surface area contributed by atoms with Crippen molar-refractivity contribution in [1.29, 1.82) is 0 Å². The maximum Gasteiger partial charge on any atom is 0.335 e. The molecule has 1 aromatic rings. The van der Waals surface area contributed by atoms with Gasteiger partial charge in [-0.15, -0.1) is 11.8 Å². The van der Waals surface area contributed by atoms with E-state index in [-0.39, 0.29) is 17.5 Å². The molecule has 1 fully saturated rings. The lowest BCUT2D eigenvalue weighted by Crippen LogP contribution is -2.37. The minimum atomic E-state index is -0.959. The van der Waals surface area contributed by atoms with Crippen molar-refractivity contribution in [1.82, 2.24) is 5.32 Å². The van der Waals surface area contributed by atoms with Crippen LogP contribution in [-0.4, -0.2) is 34.7 Å². The molecule has 2 rings (SSSR count). The van der Waals surface area contributed by atoms with Gasteiger partial charge in [0.05, 0.1) is 11.6 Å². The van der Waals surface area contributed by atoms with Crippen LogP contribution < -0.4 is 10.6 Å². The van der Waals surface area contributed by atoms with Crippen molar-refractivity contribution in [2.75, 3.05) is 16.9 Å². The van der Waals surface area contributed by atoms with Crippen LogP contribution in [0.1, 0.15) is 15.9 Å². The molecule has 0 bridgehead atoms. The molecule has 1 aromatic carbocycles. The maximum absolute atomic E-state index is 11.8. The summed E-state index contributed by atoms with van der Waals surface area (Å²) < 4.78 is 0. The van der Waals surface area contributed by atoms with Crippen molar-refractivity contribution in [3.63, 3.8) is 0 Å². The molecule has 3 N–H and O–H groups in total. The summed E-state index contributed by atoms with van der Waals surface area (Å²) >= 11 is 1.68. The van der Waals surface area contributed by atoms with Crippen LogP contribution in [0.25, 0.3) is 0 Å². The molecule has 1 atom stereocenters. The zero-order valence-electron chi connectivity index (χ0n) is 9.90. The first-order chi connectivity index (χ1) is 8.58. The summed E-state index contributed by atoms with van der Waals surface area (Å²) in [6.07, 6.45) is 0. The monoisotopic (exact) mass is 266 g/mol. The molecule has 1 aliphatic rings. The van der Waals surface area contributed by atoms with Gasteiger partial charge in [0.1, 0.15) is 0 Å². The van der Waals surface area contributed by atoms with Crippen molar-refractivity contribution in [3.05, 3.63) is 29.3 Å². The maximum atomic E-state index is 11.8. The highest BCUT2D eigenvalue weighted by atomic mass is 32.2. The van der Waals surface area contributed by atoms with Gasteiger partial charge in [-0.2, -0.15) is 0 Å². The highest BCUT2D eigenvalue weighted by Gasteiger charge is 2.22. The fourth-order valence-electron chi connectivity index (χ4n) is 1.77. The van der Waals surface area contributed by atoms with Crippen LogP contribution in [0.5, 0.6) is 0 Å². The number of hydrogen-bond donors (Lipinski definition) is 3. The van der Waals surface area contributed by atoms with E-state index in [2.05, 4.69) is 10.6 Å². The Morgan fingerprint density at radius 3 is 2.83 bits per heavy atom. The Balaban J connectivity index is 2.07. The summed E-state index contributed by atoms with van der Waals surface area (Å²) in [5.74, 6) is 0.509. The van der Waals surface area contributed by atoms with Gasteiger partial charge in [-0.3, -0.25) is 10.1 Å². The molecule has 1 saturated heterocycles. The Morgan fingerprint density at radius 1 is 1.50 bits per heavy atom. The second-order valence-corrected chi connectivity index (χ2v) is 5.13. The van der Waals surface area contributed by atoms with Crippen molar-refractivity contribution in [3.8, 4) is 0 Å². The Morgan fingerprint density at radius 2 is 2.28 bits per heavy atom. The smallest absolute Gasteiger partial charge is 0.335 e. The summed E-state index contributed by atoms with van der Waals surface area (Å²) in [5, 5.41) is 14.8. The second kappa shape index (κ2) is 5.41. The first kappa shape index (κ1) is 12.9. The fourth-order valence-corrected chi connectivity index (χ4v) is 2.72. The van der Waals surface area contributed by atoms with E-state index in [1.54, 1.807) is 30.8 Å². The number of thioether (sulfide) groups is 1. The lowest BCUT2D eigenvalue weighted by Gasteiger charge is -2.11. The third-order valence-corrected chi connectivity index (χ3v) is 3.70. The van der Waals surface area contributed by atoms with Crippen LogP contribution in [-0.2, 0) is 4.79 Å². The molecule has 0 aliphatic carbocycles. The number of carbonyl (C=O) groups excluding carboxylic acids is 1. The van der Waals surface area contributed by atoms with Crippen molar-refractivity contribution >= 4 is 29.3 Å². The van der Waals surface area contributed by atoms with Crippen LogP contribution in [0.15, 0.2) is 18.2 Å². The van der Waals surface area contributed by atoms with Crippen molar-refractivity contribution in [2.24, 2.45) is 0 Å². The Kier molecular flexibility index (Phi) is 3.88. The molecule has 5 nitrogen and oxygen atoms in total. The fraction of sp³-hybridized carbons (Fsp3) is 0.333. The highest BCUT2D eigenvalue weighted by Crippen LogP contribution is 2.17. The van der Waals surface area contributed by atoms with E-state index < -0.39 is 5.97 Å². The van der Waals surface area contributed by atoms with Gasteiger partial charge in [0.2, 0.25) is 5.91 Å². The number of carboxylic acid groups (broad SMARTS) is 1. The molecule has 0 radical (unpaired) electrons. The second-order valence-electron chi connectivity index (χ2n) is 4.10. The lowest BCUT2D eigenvalue weighted by atomic mass is 10.1. The molecule has 1 unspecified atom stereocenters. The number of carbonyl (C=O) groups is 2. The Hall–Kier alpha value is -1.53. The molecule has 18 heavy (non-hydrogen) atoms. The summed E-state index contributed by atoms with van der Waals surface area (Å²) in [6.45, 7) is 1.71. The largest absolute Gasteiger partial charge is 0.478 e. The third kappa shape index (κ3) is 2.83. The van der Waals surface area contributed by atoms with Gasteiger partial charge >= 0.3 is 5.97 Å². The average Bonchev–Trinajstić information content (AvgIpc) is 2.81. The zero-order chi connectivity index (χ0) is 13.1. The summed E-state index contributed by atoms with van der Waals surface area (Å²) in [5.41, 5.74) is 1.51. The van der Waals surface area contributed by atoms with Gasteiger partial charge in [-0.05, 0) is 30.7 Å². The van der Waals surface area contributed by atoms with E-state index in [0.29, 0.717) is 11.3 Å². The van der Waals surface area contributed by atoms with Crippen molar-refractivity contribution < 1.29 is 14.7 Å². The summed E-state index contributed by atoms with van der Waals surface area (Å²) in [7, 11) is 0. The highest BCUT2D eigenvalue weighted by molar-refractivity contribution is 7.99. The number of amides is 1. The average molecular weight is 266 g/mol. The van der Waals surface area contributed by atoms with Gasteiger partial charge < -0.3 is 10.4 Å². The predicted molar refractivity (Wildman–Crippen MR) is 71.0 cm³/mol. The molecule has 1 heterocycles. The van der Waals surface area contributed by atoms with E-state index >= 15 is 0 Å². The molecule has 1 amide bonds. The van der Waals surface area contributed by atoms with E-state index in [9.17, 15) is 9.59 Å². The van der Waals surface area contributed by atoms with Crippen LogP contribution in [0.4, 0.5) is 5.69 Å². The van der Waals surface area contributed by atoms with E-state index in [1.807, 2.05) is 0 Å². The number of rotatable bonds is 3. The van der Waals surface area contributed by atoms with Gasteiger partial charge in [-0.1, -0.05) is 0 Å². The number of nitrogens with one attached hydrogen (secondary N) is 2. The summed E-state index contributed by atoms with van der Waals surface area (Å²) in [6, 6.07) is 4.61. The molecular formula is C12H14N2O3S. The van der Waals surface area contributed by atoms with Gasteiger partial charge in [0.15, 0.2) is 0 Å². The SMILES string of the molecule is Cc1cc(NC(=O)C2CSCN2)ccc1C(=O)O. The standard InChI is InChI=1S/C12H14N2O3S/c1-7-4-8(2-3-9(7)12(16)17)14-11(15)10-5-18-6-13-10/h2-4,10,13H,5-6H2,1H3,(H,14,15)(H,16,17). The first-order valence-corrected chi connectivity index (χ1v) is 6.69. The number of benzene rings is 1. The van der Waals surface area contributed by atoms with Gasteiger partial charge in [-0.25, -0.2) is 4.79 Å². The number of anilines is 1. The number of hydrogen-bond acceptors (Lipinski definition) is 4. The molecule has 1 aliphatic heterocycles. The number of aromatic carboxylic acids is 1. The van der Waals surface area contributed by atoms with Crippen LogP contribution >= 0.6 is 11.8 Å². The zero-order valence-corrected chi connectivity index (χ0v) is 10.7. The Bertz CT molecular complexity index is 484. The molecule has 0 spiro atoms. The lowest BCUT2D eigenvalue weighted by molar-refractivity contribution is -0.117. The van der Waals surface area contributed by atoms with Crippen molar-refractivity contribution in [2.45, 2.75) is 13.0 Å². The topological polar surface area (TPSA) is 78.4 Å². The molecule has 0 saturated carbocycles. The van der Waals surface area contributed by atoms with E-state index in [1.165, 1.54) is 6.07 Å². The molecule has 6 heteroatoms. The quantitative estimate of drug-likeness (QED) is 0.768. The molecule has 96 valence electrons. The van der Waals surface area contributed by atoms with Crippen LogP contribution in [0.2, 0.25) is 0 Å².